The molecule has 2 aromatic rings. The van der Waals surface area contributed by atoms with E-state index in [4.69, 9.17) is 14.2 Å². The van der Waals surface area contributed by atoms with Gasteiger partial charge in [-0.25, -0.2) is 0 Å². The van der Waals surface area contributed by atoms with Gasteiger partial charge in [0.25, 0.3) is 5.91 Å². The summed E-state index contributed by atoms with van der Waals surface area (Å²) in [6.07, 6.45) is 0.652. The number of aryl methyl sites for hydroxylation is 1. The van der Waals surface area contributed by atoms with Gasteiger partial charge in [-0.1, -0.05) is 12.1 Å². The third-order valence-corrected chi connectivity index (χ3v) is 3.33. The lowest BCUT2D eigenvalue weighted by Gasteiger charge is -2.14. The molecule has 0 aromatic heterocycles. The summed E-state index contributed by atoms with van der Waals surface area (Å²) in [5, 5.41) is 2.73. The number of anilines is 1. The van der Waals surface area contributed by atoms with Gasteiger partial charge in [0.1, 0.15) is 5.75 Å². The number of carbonyl (C=O) groups excluding carboxylic acids is 2. The van der Waals surface area contributed by atoms with Crippen molar-refractivity contribution in [2.45, 2.75) is 6.92 Å². The Morgan fingerprint density at radius 3 is 2.54 bits per heavy atom. The Balaban J connectivity index is 2.10. The molecule has 0 spiro atoms. The van der Waals surface area contributed by atoms with Crippen molar-refractivity contribution in [1.82, 2.24) is 0 Å². The Labute approximate surface area is 140 Å². The zero-order valence-electron chi connectivity index (χ0n) is 13.8. The molecular formula is C18H19NO5. The van der Waals surface area contributed by atoms with Crippen molar-refractivity contribution in [2.24, 2.45) is 0 Å². The molecule has 0 heterocycles. The molecular weight excluding hydrogens is 310 g/mol. The quantitative estimate of drug-likeness (QED) is 0.791. The molecule has 126 valence electrons. The first-order valence-electron chi connectivity index (χ1n) is 7.28. The van der Waals surface area contributed by atoms with Crippen molar-refractivity contribution >= 4 is 17.9 Å². The first-order valence-corrected chi connectivity index (χ1v) is 7.28. The maximum atomic E-state index is 12.1. The zero-order chi connectivity index (χ0) is 17.5. The Morgan fingerprint density at radius 1 is 1.12 bits per heavy atom. The highest BCUT2D eigenvalue weighted by Crippen LogP contribution is 2.30. The fourth-order valence-electron chi connectivity index (χ4n) is 2.18. The van der Waals surface area contributed by atoms with Gasteiger partial charge in [0.15, 0.2) is 24.4 Å². The van der Waals surface area contributed by atoms with Crippen LogP contribution in [0.3, 0.4) is 0 Å². The number of rotatable bonds is 7. The van der Waals surface area contributed by atoms with E-state index in [1.807, 2.05) is 13.0 Å². The first-order chi connectivity index (χ1) is 11.6. The third-order valence-electron chi connectivity index (χ3n) is 3.33. The van der Waals surface area contributed by atoms with E-state index >= 15 is 0 Å². The van der Waals surface area contributed by atoms with E-state index in [0.717, 1.165) is 5.56 Å². The second-order valence-corrected chi connectivity index (χ2v) is 5.04. The first kappa shape index (κ1) is 17.3. The summed E-state index contributed by atoms with van der Waals surface area (Å²) >= 11 is 0. The molecule has 0 fully saturated rings. The molecule has 2 aromatic carbocycles. The maximum absolute atomic E-state index is 12.1. The highest BCUT2D eigenvalue weighted by Gasteiger charge is 2.13. The minimum atomic E-state index is -0.373. The van der Waals surface area contributed by atoms with Crippen LogP contribution >= 0.6 is 0 Å². The topological polar surface area (TPSA) is 73.9 Å². The summed E-state index contributed by atoms with van der Waals surface area (Å²) in [6, 6.07) is 10.4. The van der Waals surface area contributed by atoms with E-state index in [9.17, 15) is 9.59 Å². The van der Waals surface area contributed by atoms with Gasteiger partial charge >= 0.3 is 0 Å². The lowest BCUT2D eigenvalue weighted by molar-refractivity contribution is -0.118. The molecule has 24 heavy (non-hydrogen) atoms. The molecule has 0 saturated heterocycles. The number of hydrogen-bond donors (Lipinski definition) is 1. The number of hydrogen-bond acceptors (Lipinski definition) is 5. The molecule has 0 unspecified atom stereocenters. The van der Waals surface area contributed by atoms with Crippen molar-refractivity contribution in [1.29, 1.82) is 0 Å². The number of aldehydes is 1. The molecule has 0 saturated carbocycles. The van der Waals surface area contributed by atoms with Gasteiger partial charge in [0.05, 0.1) is 25.5 Å². The smallest absolute Gasteiger partial charge is 0.262 e. The molecule has 0 radical (unpaired) electrons. The van der Waals surface area contributed by atoms with Crippen molar-refractivity contribution in [3.63, 3.8) is 0 Å². The lowest BCUT2D eigenvalue weighted by atomic mass is 10.2. The highest BCUT2D eigenvalue weighted by molar-refractivity contribution is 5.93. The van der Waals surface area contributed by atoms with Crippen molar-refractivity contribution in [3.05, 3.63) is 47.5 Å². The minimum Gasteiger partial charge on any atom is -0.495 e. The Morgan fingerprint density at radius 2 is 1.88 bits per heavy atom. The molecule has 0 bridgehead atoms. The Kier molecular flexibility index (Phi) is 5.78. The van der Waals surface area contributed by atoms with E-state index in [0.29, 0.717) is 29.0 Å². The van der Waals surface area contributed by atoms with Gasteiger partial charge < -0.3 is 19.5 Å². The standard InChI is InChI=1S/C18H19NO5/c1-12-7-8-15(22-2)14(9-12)19-17(21)11-24-18-13(10-20)5-4-6-16(18)23-3/h4-10H,11H2,1-3H3,(H,19,21). The Hall–Kier alpha value is -3.02. The summed E-state index contributed by atoms with van der Waals surface area (Å²) in [4.78, 5) is 23.2. The molecule has 0 atom stereocenters. The number of carbonyl (C=O) groups is 2. The van der Waals surface area contributed by atoms with Gasteiger partial charge in [-0.3, -0.25) is 9.59 Å². The second-order valence-electron chi connectivity index (χ2n) is 5.04. The summed E-state index contributed by atoms with van der Waals surface area (Å²) in [5.74, 6) is 0.809. The number of para-hydroxylation sites is 1. The van der Waals surface area contributed by atoms with E-state index in [1.165, 1.54) is 14.2 Å². The van der Waals surface area contributed by atoms with Crippen LogP contribution in [0.1, 0.15) is 15.9 Å². The largest absolute Gasteiger partial charge is 0.495 e. The number of benzene rings is 2. The van der Waals surface area contributed by atoms with Crippen LogP contribution in [-0.4, -0.2) is 33.0 Å². The fraction of sp³-hybridized carbons (Fsp3) is 0.222. The summed E-state index contributed by atoms with van der Waals surface area (Å²) < 4.78 is 15.8. The van der Waals surface area contributed by atoms with Gasteiger partial charge in [0.2, 0.25) is 0 Å². The fourth-order valence-corrected chi connectivity index (χ4v) is 2.18. The van der Waals surface area contributed by atoms with Crippen LogP contribution in [0, 0.1) is 6.92 Å². The van der Waals surface area contributed by atoms with Crippen LogP contribution in [0.2, 0.25) is 0 Å². The van der Waals surface area contributed by atoms with Crippen LogP contribution in [0.15, 0.2) is 36.4 Å². The average molecular weight is 329 g/mol. The third kappa shape index (κ3) is 4.04. The van der Waals surface area contributed by atoms with Crippen LogP contribution in [-0.2, 0) is 4.79 Å². The van der Waals surface area contributed by atoms with E-state index < -0.39 is 0 Å². The zero-order valence-corrected chi connectivity index (χ0v) is 13.8. The maximum Gasteiger partial charge on any atom is 0.262 e. The summed E-state index contributed by atoms with van der Waals surface area (Å²) in [7, 11) is 3.00. The second kappa shape index (κ2) is 8.01. The predicted molar refractivity (Wildman–Crippen MR) is 90.2 cm³/mol. The molecule has 1 N–H and O–H groups in total. The number of amides is 1. The van der Waals surface area contributed by atoms with Crippen LogP contribution in [0.4, 0.5) is 5.69 Å². The van der Waals surface area contributed by atoms with E-state index in [-0.39, 0.29) is 18.3 Å². The lowest BCUT2D eigenvalue weighted by Crippen LogP contribution is -2.21. The highest BCUT2D eigenvalue weighted by atomic mass is 16.5. The average Bonchev–Trinajstić information content (AvgIpc) is 2.59. The molecule has 6 heteroatoms. The van der Waals surface area contributed by atoms with Crippen molar-refractivity contribution in [2.75, 3.05) is 26.1 Å². The molecule has 0 aliphatic carbocycles. The SMILES string of the molecule is COc1ccc(C)cc1NC(=O)COc1c(C=O)cccc1OC. The van der Waals surface area contributed by atoms with Crippen LogP contribution in [0.5, 0.6) is 17.2 Å². The van der Waals surface area contributed by atoms with Gasteiger partial charge in [0, 0.05) is 0 Å². The van der Waals surface area contributed by atoms with Crippen LogP contribution < -0.4 is 19.5 Å². The van der Waals surface area contributed by atoms with Gasteiger partial charge in [-0.15, -0.1) is 0 Å². The molecule has 0 aliphatic heterocycles. The van der Waals surface area contributed by atoms with Crippen molar-refractivity contribution < 1.29 is 23.8 Å². The number of methoxy groups -OCH3 is 2. The van der Waals surface area contributed by atoms with E-state index in [2.05, 4.69) is 5.32 Å². The van der Waals surface area contributed by atoms with E-state index in [1.54, 1.807) is 30.3 Å². The molecule has 2 rings (SSSR count). The molecule has 0 aliphatic rings. The van der Waals surface area contributed by atoms with Crippen molar-refractivity contribution in [3.8, 4) is 17.2 Å². The summed E-state index contributed by atoms with van der Waals surface area (Å²) in [5.41, 5.74) is 1.86. The number of ether oxygens (including phenoxy) is 3. The minimum absolute atomic E-state index is 0.237. The predicted octanol–water partition coefficient (Wildman–Crippen LogP) is 2.84. The molecule has 1 amide bonds. The number of nitrogens with one attached hydrogen (secondary N) is 1. The summed E-state index contributed by atoms with van der Waals surface area (Å²) in [6.45, 7) is 1.65. The monoisotopic (exact) mass is 329 g/mol. The van der Waals surface area contributed by atoms with Crippen LogP contribution in [0.25, 0.3) is 0 Å². The molecule has 6 nitrogen and oxygen atoms in total. The van der Waals surface area contributed by atoms with Gasteiger partial charge in [-0.05, 0) is 36.8 Å². The normalized spacial score (nSPS) is 9.96. The Bertz CT molecular complexity index is 742. The van der Waals surface area contributed by atoms with Gasteiger partial charge in [-0.2, -0.15) is 0 Å².